The Morgan fingerprint density at radius 1 is 0.933 bits per heavy atom. The third kappa shape index (κ3) is 2.88. The Kier molecular flexibility index (Phi) is 4.55. The molecule has 2 heterocycles. The normalized spacial score (nSPS) is 11.0. The first-order chi connectivity index (χ1) is 14.7. The van der Waals surface area contributed by atoms with Crippen LogP contribution >= 0.6 is 23.6 Å². The van der Waals surface area contributed by atoms with Gasteiger partial charge in [0.25, 0.3) is 5.56 Å². The van der Waals surface area contributed by atoms with E-state index in [0.29, 0.717) is 21.4 Å². The van der Waals surface area contributed by atoms with Crippen molar-refractivity contribution in [3.8, 4) is 16.5 Å². The number of fused-ring (bicyclic) bond motifs is 3. The van der Waals surface area contributed by atoms with Gasteiger partial charge in [0.15, 0.2) is 3.95 Å². The molecule has 0 atom stereocenters. The van der Waals surface area contributed by atoms with Gasteiger partial charge in [-0.25, -0.2) is 0 Å². The van der Waals surface area contributed by atoms with Crippen molar-refractivity contribution in [1.29, 1.82) is 5.26 Å². The number of hydrogen-bond donors (Lipinski definition) is 0. The summed E-state index contributed by atoms with van der Waals surface area (Å²) in [6.07, 6.45) is 0. The van der Waals surface area contributed by atoms with Gasteiger partial charge in [-0.1, -0.05) is 60.7 Å². The van der Waals surface area contributed by atoms with E-state index in [2.05, 4.69) is 6.07 Å². The van der Waals surface area contributed by atoms with Crippen LogP contribution in [-0.2, 0) is 6.54 Å². The SMILES string of the molecule is N#Cc1ccccc1Cn1c(=O)c2ccccc2n2c(=S)sc(-c3ccccc3)c12. The summed E-state index contributed by atoms with van der Waals surface area (Å²) in [5.41, 5.74) is 3.83. The molecule has 0 radical (unpaired) electrons. The first kappa shape index (κ1) is 18.5. The lowest BCUT2D eigenvalue weighted by molar-refractivity contribution is 0.779. The summed E-state index contributed by atoms with van der Waals surface area (Å²) < 4.78 is 4.41. The number of para-hydroxylation sites is 1. The zero-order valence-corrected chi connectivity index (χ0v) is 17.4. The summed E-state index contributed by atoms with van der Waals surface area (Å²) in [6.45, 7) is 0.294. The van der Waals surface area contributed by atoms with E-state index in [4.69, 9.17) is 12.2 Å². The molecule has 0 spiro atoms. The zero-order valence-electron chi connectivity index (χ0n) is 15.8. The topological polar surface area (TPSA) is 50.2 Å². The highest BCUT2D eigenvalue weighted by molar-refractivity contribution is 7.73. The van der Waals surface area contributed by atoms with E-state index >= 15 is 0 Å². The standard InChI is InChI=1S/C24H15N3OS2/c25-14-17-10-4-5-11-18(17)15-26-22-21(16-8-2-1-3-9-16)30-24(29)27(22)20-13-7-6-12-19(20)23(26)28/h1-13H,15H2. The zero-order chi connectivity index (χ0) is 20.7. The second kappa shape index (κ2) is 7.38. The molecule has 0 aliphatic rings. The Labute approximate surface area is 181 Å². The van der Waals surface area contributed by atoms with Gasteiger partial charge in [0.1, 0.15) is 5.65 Å². The van der Waals surface area contributed by atoms with Crippen molar-refractivity contribution < 1.29 is 0 Å². The van der Waals surface area contributed by atoms with Gasteiger partial charge in [0.2, 0.25) is 0 Å². The van der Waals surface area contributed by atoms with Crippen molar-refractivity contribution in [3.63, 3.8) is 0 Å². The fraction of sp³-hybridized carbons (Fsp3) is 0.0417. The highest BCUT2D eigenvalue weighted by atomic mass is 32.1. The minimum atomic E-state index is -0.0941. The van der Waals surface area contributed by atoms with Gasteiger partial charge in [-0.2, -0.15) is 5.26 Å². The molecule has 0 unspecified atom stereocenters. The van der Waals surface area contributed by atoms with Crippen LogP contribution < -0.4 is 5.56 Å². The summed E-state index contributed by atoms with van der Waals surface area (Å²) in [5.74, 6) is 0. The second-order valence-electron chi connectivity index (χ2n) is 6.90. The minimum absolute atomic E-state index is 0.0941. The third-order valence-corrected chi connectivity index (χ3v) is 6.58. The molecule has 4 nitrogen and oxygen atoms in total. The third-order valence-electron chi connectivity index (χ3n) is 5.17. The van der Waals surface area contributed by atoms with Crippen LogP contribution in [0.3, 0.4) is 0 Å². The van der Waals surface area contributed by atoms with Crippen molar-refractivity contribution in [2.75, 3.05) is 0 Å². The number of hydrogen-bond acceptors (Lipinski definition) is 4. The smallest absolute Gasteiger partial charge is 0.261 e. The molecular weight excluding hydrogens is 410 g/mol. The van der Waals surface area contributed by atoms with Crippen molar-refractivity contribution in [2.24, 2.45) is 0 Å². The van der Waals surface area contributed by atoms with Gasteiger partial charge < -0.3 is 0 Å². The van der Waals surface area contributed by atoms with E-state index in [1.54, 1.807) is 10.6 Å². The number of benzene rings is 3. The fourth-order valence-corrected chi connectivity index (χ4v) is 5.21. The summed E-state index contributed by atoms with van der Waals surface area (Å²) >= 11 is 7.22. The fourth-order valence-electron chi connectivity index (χ4n) is 3.78. The van der Waals surface area contributed by atoms with E-state index < -0.39 is 0 Å². The van der Waals surface area contributed by atoms with Crippen LogP contribution in [0.15, 0.2) is 83.7 Å². The van der Waals surface area contributed by atoms with E-state index in [-0.39, 0.29) is 5.56 Å². The number of nitriles is 1. The Morgan fingerprint density at radius 2 is 1.63 bits per heavy atom. The predicted octanol–water partition coefficient (Wildman–Crippen LogP) is 5.63. The molecule has 0 aliphatic carbocycles. The van der Waals surface area contributed by atoms with Crippen LogP contribution in [0.2, 0.25) is 0 Å². The molecule has 0 aliphatic heterocycles. The molecule has 6 heteroatoms. The van der Waals surface area contributed by atoms with E-state index in [0.717, 1.165) is 27.2 Å². The molecule has 144 valence electrons. The Bertz CT molecular complexity index is 1570. The highest BCUT2D eigenvalue weighted by Crippen LogP contribution is 2.33. The number of aromatic nitrogens is 2. The lowest BCUT2D eigenvalue weighted by Crippen LogP contribution is -2.24. The number of rotatable bonds is 3. The molecule has 30 heavy (non-hydrogen) atoms. The average molecular weight is 426 g/mol. The molecule has 5 aromatic rings. The quantitative estimate of drug-likeness (QED) is 0.352. The lowest BCUT2D eigenvalue weighted by Gasteiger charge is -2.14. The molecule has 3 aromatic carbocycles. The van der Waals surface area contributed by atoms with Gasteiger partial charge in [-0.3, -0.25) is 13.8 Å². The first-order valence-corrected chi connectivity index (χ1v) is 10.6. The monoisotopic (exact) mass is 425 g/mol. The second-order valence-corrected chi connectivity index (χ2v) is 8.54. The summed E-state index contributed by atoms with van der Waals surface area (Å²) in [4.78, 5) is 14.5. The molecule has 0 bridgehead atoms. The summed E-state index contributed by atoms with van der Waals surface area (Å²) in [6, 6.07) is 27.1. The van der Waals surface area contributed by atoms with Gasteiger partial charge in [-0.05, 0) is 41.5 Å². The molecular formula is C24H15N3OS2. The molecule has 0 saturated carbocycles. The molecule has 2 aromatic heterocycles. The van der Waals surface area contributed by atoms with Crippen LogP contribution in [-0.4, -0.2) is 8.97 Å². The molecule has 5 rings (SSSR count). The largest absolute Gasteiger partial charge is 0.288 e. The van der Waals surface area contributed by atoms with E-state index in [1.165, 1.54) is 11.3 Å². The highest BCUT2D eigenvalue weighted by Gasteiger charge is 2.18. The average Bonchev–Trinajstić information content (AvgIpc) is 3.14. The van der Waals surface area contributed by atoms with Gasteiger partial charge >= 0.3 is 0 Å². The summed E-state index contributed by atoms with van der Waals surface area (Å²) in [7, 11) is 0. The van der Waals surface area contributed by atoms with Crippen LogP contribution in [0, 0.1) is 15.3 Å². The molecule has 0 saturated heterocycles. The van der Waals surface area contributed by atoms with Gasteiger partial charge in [0.05, 0.1) is 34.0 Å². The maximum Gasteiger partial charge on any atom is 0.261 e. The molecule has 0 amide bonds. The van der Waals surface area contributed by atoms with E-state index in [9.17, 15) is 10.1 Å². The number of thiazole rings is 1. The van der Waals surface area contributed by atoms with Crippen molar-refractivity contribution >= 4 is 40.1 Å². The molecule has 0 fully saturated rings. The maximum absolute atomic E-state index is 13.6. The maximum atomic E-state index is 13.6. The van der Waals surface area contributed by atoms with Gasteiger partial charge in [0, 0.05) is 0 Å². The predicted molar refractivity (Wildman–Crippen MR) is 124 cm³/mol. The van der Waals surface area contributed by atoms with Crippen LogP contribution in [0.25, 0.3) is 27.0 Å². The van der Waals surface area contributed by atoms with E-state index in [1.807, 2.05) is 77.2 Å². The summed E-state index contributed by atoms with van der Waals surface area (Å²) in [5, 5.41) is 10.1. The number of nitrogens with zero attached hydrogens (tertiary/aromatic N) is 3. The Balaban J connectivity index is 1.93. The Morgan fingerprint density at radius 3 is 2.43 bits per heavy atom. The van der Waals surface area contributed by atoms with Crippen LogP contribution in [0.4, 0.5) is 0 Å². The Hall–Kier alpha value is -3.53. The van der Waals surface area contributed by atoms with Crippen molar-refractivity contribution in [1.82, 2.24) is 8.97 Å². The molecule has 0 N–H and O–H groups in total. The van der Waals surface area contributed by atoms with Crippen LogP contribution in [0.5, 0.6) is 0 Å². The van der Waals surface area contributed by atoms with Crippen LogP contribution in [0.1, 0.15) is 11.1 Å². The lowest BCUT2D eigenvalue weighted by atomic mass is 10.1. The minimum Gasteiger partial charge on any atom is -0.288 e. The van der Waals surface area contributed by atoms with Gasteiger partial charge in [-0.15, -0.1) is 11.3 Å². The first-order valence-electron chi connectivity index (χ1n) is 9.39. The van der Waals surface area contributed by atoms with Crippen molar-refractivity contribution in [3.05, 3.63) is 104 Å². The van der Waals surface area contributed by atoms with Crippen molar-refractivity contribution in [2.45, 2.75) is 6.54 Å².